The Balaban J connectivity index is 2.03. The first kappa shape index (κ1) is 14.2. The quantitative estimate of drug-likeness (QED) is 0.560. The highest BCUT2D eigenvalue weighted by atomic mass is 35.5. The van der Waals surface area contributed by atoms with E-state index < -0.39 is 5.91 Å². The molecule has 1 aromatic heterocycles. The highest BCUT2D eigenvalue weighted by Crippen LogP contribution is 2.17. The van der Waals surface area contributed by atoms with Crippen molar-refractivity contribution in [3.63, 3.8) is 0 Å². The highest BCUT2D eigenvalue weighted by Gasteiger charge is 2.13. The number of fused-ring (bicyclic) bond motifs is 1. The van der Waals surface area contributed by atoms with Crippen molar-refractivity contribution in [3.8, 4) is 0 Å². The van der Waals surface area contributed by atoms with E-state index in [0.29, 0.717) is 16.3 Å². The largest absolute Gasteiger partial charge is 0.435 e. The first-order chi connectivity index (χ1) is 10.7. The van der Waals surface area contributed by atoms with Crippen molar-refractivity contribution in [1.82, 2.24) is 0 Å². The average Bonchev–Trinajstić information content (AvgIpc) is 2.53. The minimum absolute atomic E-state index is 0.126. The minimum atomic E-state index is -0.454. The van der Waals surface area contributed by atoms with Gasteiger partial charge in [-0.25, -0.2) is 0 Å². The van der Waals surface area contributed by atoms with Crippen LogP contribution >= 0.6 is 11.6 Å². The van der Waals surface area contributed by atoms with Crippen molar-refractivity contribution in [2.75, 3.05) is 5.32 Å². The summed E-state index contributed by atoms with van der Waals surface area (Å²) in [5, 5.41) is 16.0. The van der Waals surface area contributed by atoms with E-state index in [9.17, 15) is 4.79 Å². The molecule has 0 atom stereocenters. The Morgan fingerprint density at radius 1 is 1.14 bits per heavy atom. The number of carbonyl (C=O) groups is 1. The Kier molecular flexibility index (Phi) is 3.80. The number of amides is 1. The number of nitrogens with one attached hydrogen (secondary N) is 1. The van der Waals surface area contributed by atoms with Gasteiger partial charge in [0.15, 0.2) is 0 Å². The van der Waals surface area contributed by atoms with Crippen LogP contribution < -0.4 is 10.9 Å². The number of hydrogen-bond acceptors (Lipinski definition) is 4. The van der Waals surface area contributed by atoms with Gasteiger partial charge in [0.2, 0.25) is 0 Å². The van der Waals surface area contributed by atoms with Crippen molar-refractivity contribution in [2.24, 2.45) is 5.16 Å². The van der Waals surface area contributed by atoms with E-state index in [1.807, 2.05) is 6.07 Å². The maximum absolute atomic E-state index is 12.4. The molecule has 0 saturated heterocycles. The molecule has 0 aliphatic heterocycles. The molecule has 0 bridgehead atoms. The topological polar surface area (TPSA) is 74.8 Å². The fourth-order valence-electron chi connectivity index (χ4n) is 2.07. The van der Waals surface area contributed by atoms with E-state index in [2.05, 4.69) is 10.5 Å². The smallest absolute Gasteiger partial charge is 0.268 e. The van der Waals surface area contributed by atoms with Crippen molar-refractivity contribution in [1.29, 1.82) is 0 Å². The summed E-state index contributed by atoms with van der Waals surface area (Å²) in [6.07, 6.45) is 0. The molecule has 2 aromatic carbocycles. The second kappa shape index (κ2) is 5.91. The zero-order valence-electron chi connectivity index (χ0n) is 11.3. The molecule has 0 saturated carbocycles. The number of nitrogens with zero attached hydrogens (tertiary/aromatic N) is 1. The lowest BCUT2D eigenvalue weighted by atomic mass is 10.1. The molecule has 0 aliphatic rings. The molecule has 6 heteroatoms. The van der Waals surface area contributed by atoms with Crippen molar-refractivity contribution < 1.29 is 14.4 Å². The minimum Gasteiger partial charge on any atom is -0.435 e. The Labute approximate surface area is 130 Å². The molecule has 0 radical (unpaired) electrons. The summed E-state index contributed by atoms with van der Waals surface area (Å²) < 4.78 is 5.42. The number of para-hydroxylation sites is 1. The molecular formula is C16H11ClN2O3. The molecule has 0 aliphatic carbocycles. The lowest BCUT2D eigenvalue weighted by Gasteiger charge is -2.06. The molecule has 1 amide bonds. The fraction of sp³-hybridized carbons (Fsp3) is 0. The van der Waals surface area contributed by atoms with Crippen LogP contribution in [0.1, 0.15) is 10.4 Å². The van der Waals surface area contributed by atoms with Gasteiger partial charge in [-0.05, 0) is 35.5 Å². The summed E-state index contributed by atoms with van der Waals surface area (Å²) in [5.41, 5.74) is 1.03. The Bertz CT molecular complexity index is 918. The maximum atomic E-state index is 12.4. The lowest BCUT2D eigenvalue weighted by Crippen LogP contribution is -2.21. The van der Waals surface area contributed by atoms with Gasteiger partial charge in [-0.1, -0.05) is 35.9 Å². The number of benzene rings is 2. The van der Waals surface area contributed by atoms with Crippen molar-refractivity contribution in [3.05, 3.63) is 70.7 Å². The van der Waals surface area contributed by atoms with E-state index in [0.717, 1.165) is 5.39 Å². The van der Waals surface area contributed by atoms with Gasteiger partial charge in [-0.3, -0.25) is 4.79 Å². The first-order valence-electron chi connectivity index (χ1n) is 6.45. The van der Waals surface area contributed by atoms with Crippen molar-refractivity contribution in [2.45, 2.75) is 0 Å². The van der Waals surface area contributed by atoms with Crippen LogP contribution in [0.15, 0.2) is 64.2 Å². The second-order valence-electron chi connectivity index (χ2n) is 4.57. The number of halogens is 1. The number of rotatable bonds is 2. The van der Waals surface area contributed by atoms with E-state index in [1.54, 1.807) is 48.5 Å². The van der Waals surface area contributed by atoms with Gasteiger partial charge in [-0.15, -0.1) is 0 Å². The lowest BCUT2D eigenvalue weighted by molar-refractivity contribution is 0.102. The van der Waals surface area contributed by atoms with E-state index in [-0.39, 0.29) is 11.1 Å². The zero-order chi connectivity index (χ0) is 15.5. The summed E-state index contributed by atoms with van der Waals surface area (Å²) in [5.74, 6) is -0.454. The monoisotopic (exact) mass is 314 g/mol. The van der Waals surface area contributed by atoms with Gasteiger partial charge in [0.05, 0.1) is 0 Å². The van der Waals surface area contributed by atoms with Gasteiger partial charge >= 0.3 is 0 Å². The van der Waals surface area contributed by atoms with Gasteiger partial charge in [0.25, 0.3) is 11.5 Å². The summed E-state index contributed by atoms with van der Waals surface area (Å²) in [6.45, 7) is 0. The van der Waals surface area contributed by atoms with Gasteiger partial charge < -0.3 is 14.9 Å². The van der Waals surface area contributed by atoms with Gasteiger partial charge in [0, 0.05) is 16.1 Å². The van der Waals surface area contributed by atoms with Crippen LogP contribution in [0.25, 0.3) is 11.0 Å². The maximum Gasteiger partial charge on any atom is 0.268 e. The normalized spacial score (nSPS) is 11.6. The third-order valence-electron chi connectivity index (χ3n) is 3.07. The van der Waals surface area contributed by atoms with Crippen LogP contribution in [0.2, 0.25) is 5.02 Å². The van der Waals surface area contributed by atoms with Gasteiger partial charge in [0.1, 0.15) is 11.1 Å². The Hall–Kier alpha value is -2.79. The van der Waals surface area contributed by atoms with E-state index >= 15 is 0 Å². The third kappa shape index (κ3) is 2.80. The first-order valence-corrected chi connectivity index (χ1v) is 6.83. The van der Waals surface area contributed by atoms with Crippen LogP contribution in [-0.2, 0) is 0 Å². The van der Waals surface area contributed by atoms with Crippen LogP contribution in [0.3, 0.4) is 0 Å². The summed E-state index contributed by atoms with van der Waals surface area (Å²) >= 11 is 5.88. The molecule has 3 rings (SSSR count). The molecule has 5 nitrogen and oxygen atoms in total. The molecule has 22 heavy (non-hydrogen) atoms. The molecule has 0 fully saturated rings. The molecule has 1 heterocycles. The zero-order valence-corrected chi connectivity index (χ0v) is 12.0. The predicted molar refractivity (Wildman–Crippen MR) is 83.0 cm³/mol. The Morgan fingerprint density at radius 2 is 1.95 bits per heavy atom. The molecule has 0 unspecified atom stereocenters. The molecule has 0 spiro atoms. The summed E-state index contributed by atoms with van der Waals surface area (Å²) in [4.78, 5) is 12.4. The van der Waals surface area contributed by atoms with E-state index in [1.165, 1.54) is 0 Å². The number of hydrogen-bond donors (Lipinski definition) is 2. The molecular weight excluding hydrogens is 304 g/mol. The second-order valence-corrected chi connectivity index (χ2v) is 5.00. The van der Waals surface area contributed by atoms with Crippen LogP contribution in [0.5, 0.6) is 0 Å². The van der Waals surface area contributed by atoms with Crippen molar-refractivity contribution >= 4 is 34.2 Å². The molecule has 3 aromatic rings. The average molecular weight is 315 g/mol. The predicted octanol–water partition coefficient (Wildman–Crippen LogP) is 3.63. The highest BCUT2D eigenvalue weighted by molar-refractivity contribution is 6.31. The fourth-order valence-corrected chi connectivity index (χ4v) is 2.26. The summed E-state index contributed by atoms with van der Waals surface area (Å²) in [7, 11) is 0. The summed E-state index contributed by atoms with van der Waals surface area (Å²) in [6, 6.07) is 15.5. The van der Waals surface area contributed by atoms with Crippen LogP contribution in [-0.4, -0.2) is 11.1 Å². The number of carbonyl (C=O) groups excluding carboxylic acids is 1. The van der Waals surface area contributed by atoms with Crippen LogP contribution in [0.4, 0.5) is 5.69 Å². The Morgan fingerprint density at radius 3 is 2.73 bits per heavy atom. The molecule has 2 N–H and O–H groups in total. The standard InChI is InChI=1S/C16H11ClN2O3/c17-11-5-3-6-12(9-11)18-15(20)13-8-10-4-1-2-7-14(10)22-16(13)19-21/h1-9,21H,(H,18,20). The van der Waals surface area contributed by atoms with Gasteiger partial charge in [-0.2, -0.15) is 0 Å². The SMILES string of the molecule is O=C(Nc1cccc(Cl)c1)c1cc2ccccc2oc1=NO. The van der Waals surface area contributed by atoms with Crippen LogP contribution in [0, 0.1) is 0 Å². The number of anilines is 1. The van der Waals surface area contributed by atoms with E-state index in [4.69, 9.17) is 21.2 Å². The molecule has 110 valence electrons. The third-order valence-corrected chi connectivity index (χ3v) is 3.31.